The maximum atomic E-state index is 14.3. The van der Waals surface area contributed by atoms with Crippen LogP contribution in [-0.4, -0.2) is 50.9 Å². The van der Waals surface area contributed by atoms with E-state index < -0.39 is 28.5 Å². The number of hydrogen-bond donors (Lipinski definition) is 1. The van der Waals surface area contributed by atoms with Crippen molar-refractivity contribution in [1.29, 1.82) is 0 Å². The predicted molar refractivity (Wildman–Crippen MR) is 170 cm³/mol. The lowest BCUT2D eigenvalue weighted by Gasteiger charge is -2.34. The molecule has 1 aliphatic rings. The number of nitrogens with one attached hydrogen (secondary N) is 1. The van der Waals surface area contributed by atoms with E-state index in [0.717, 1.165) is 47.5 Å². The lowest BCUT2D eigenvalue weighted by Crippen LogP contribution is -2.54. The van der Waals surface area contributed by atoms with Crippen LogP contribution in [0.15, 0.2) is 77.7 Å². The highest BCUT2D eigenvalue weighted by molar-refractivity contribution is 7.92. The fourth-order valence-corrected chi connectivity index (χ4v) is 7.06. The normalized spacial score (nSPS) is 14.5. The van der Waals surface area contributed by atoms with Gasteiger partial charge in [0.2, 0.25) is 11.8 Å². The molecule has 0 aliphatic heterocycles. The average molecular weight is 626 g/mol. The van der Waals surface area contributed by atoms with E-state index in [1.807, 2.05) is 38.1 Å². The Morgan fingerprint density at radius 2 is 1.70 bits per heavy atom. The molecule has 0 aromatic heterocycles. The molecule has 43 heavy (non-hydrogen) atoms. The number of benzene rings is 3. The lowest BCUT2D eigenvalue weighted by molar-refractivity contribution is -0.140. The Morgan fingerprint density at radius 3 is 2.33 bits per heavy atom. The summed E-state index contributed by atoms with van der Waals surface area (Å²) in [6.07, 6.45) is 5.48. The number of ether oxygens (including phenoxy) is 1. The van der Waals surface area contributed by atoms with E-state index in [4.69, 9.17) is 16.3 Å². The molecule has 1 atom stereocenters. The van der Waals surface area contributed by atoms with E-state index in [1.54, 1.807) is 30.3 Å². The van der Waals surface area contributed by atoms with Crippen molar-refractivity contribution in [3.8, 4) is 5.75 Å². The molecule has 0 bridgehead atoms. The number of halogens is 1. The molecule has 3 aromatic rings. The Hall–Kier alpha value is -3.56. The predicted octanol–water partition coefficient (Wildman–Crippen LogP) is 6.11. The highest BCUT2D eigenvalue weighted by Gasteiger charge is 2.34. The summed E-state index contributed by atoms with van der Waals surface area (Å²) in [5.74, 6) is -0.210. The molecule has 0 spiro atoms. The Bertz CT molecular complexity index is 1510. The third-order valence-electron chi connectivity index (χ3n) is 7.96. The summed E-state index contributed by atoms with van der Waals surface area (Å²) >= 11 is 6.27. The summed E-state index contributed by atoms with van der Waals surface area (Å²) in [6.45, 7) is 3.46. The molecule has 1 saturated carbocycles. The number of amides is 2. The van der Waals surface area contributed by atoms with Gasteiger partial charge in [-0.25, -0.2) is 8.42 Å². The lowest BCUT2D eigenvalue weighted by atomic mass is 9.95. The number of aryl methyl sites for hydroxylation is 1. The van der Waals surface area contributed by atoms with Gasteiger partial charge in [-0.15, -0.1) is 0 Å². The SMILES string of the molecule is CCC(C(=O)NC1CCCCC1)N(Cc1ccccc1C)C(=O)CN(c1cccc(Cl)c1)S(=O)(=O)c1ccc(OC)cc1. The minimum absolute atomic E-state index is 0.00591. The second-order valence-electron chi connectivity index (χ2n) is 10.9. The van der Waals surface area contributed by atoms with Crippen molar-refractivity contribution in [2.45, 2.75) is 75.9 Å². The molecular formula is C33H40ClN3O5S. The molecule has 1 aliphatic carbocycles. The Kier molecular flexibility index (Phi) is 11.1. The van der Waals surface area contributed by atoms with Crippen molar-refractivity contribution in [3.05, 3.63) is 88.9 Å². The maximum absolute atomic E-state index is 14.3. The van der Waals surface area contributed by atoms with E-state index in [9.17, 15) is 18.0 Å². The van der Waals surface area contributed by atoms with Crippen molar-refractivity contribution in [2.24, 2.45) is 0 Å². The number of rotatable bonds is 12. The fourth-order valence-electron chi connectivity index (χ4n) is 5.47. The van der Waals surface area contributed by atoms with Crippen LogP contribution in [0.1, 0.15) is 56.6 Å². The zero-order valence-corrected chi connectivity index (χ0v) is 26.5. The fraction of sp³-hybridized carbons (Fsp3) is 0.394. The summed E-state index contributed by atoms with van der Waals surface area (Å²) < 4.78 is 34.3. The van der Waals surface area contributed by atoms with Crippen LogP contribution in [-0.2, 0) is 26.2 Å². The molecule has 1 N–H and O–H groups in total. The molecule has 0 saturated heterocycles. The van der Waals surface area contributed by atoms with Gasteiger partial charge in [0.1, 0.15) is 18.3 Å². The van der Waals surface area contributed by atoms with Gasteiger partial charge in [-0.05, 0) is 79.8 Å². The van der Waals surface area contributed by atoms with Crippen LogP contribution in [0.25, 0.3) is 0 Å². The number of anilines is 1. The minimum atomic E-state index is -4.21. The van der Waals surface area contributed by atoms with Gasteiger partial charge in [0.25, 0.3) is 10.0 Å². The monoisotopic (exact) mass is 625 g/mol. The number of hydrogen-bond acceptors (Lipinski definition) is 5. The number of sulfonamides is 1. The van der Waals surface area contributed by atoms with Gasteiger partial charge in [0, 0.05) is 17.6 Å². The molecule has 0 heterocycles. The van der Waals surface area contributed by atoms with Gasteiger partial charge in [0.15, 0.2) is 0 Å². The highest BCUT2D eigenvalue weighted by atomic mass is 35.5. The van der Waals surface area contributed by atoms with Gasteiger partial charge < -0.3 is 15.0 Å². The molecule has 4 rings (SSSR count). The zero-order valence-electron chi connectivity index (χ0n) is 25.0. The van der Waals surface area contributed by atoms with Gasteiger partial charge in [0.05, 0.1) is 17.7 Å². The van der Waals surface area contributed by atoms with E-state index in [-0.39, 0.29) is 29.1 Å². The second kappa shape index (κ2) is 14.8. The molecule has 230 valence electrons. The van der Waals surface area contributed by atoms with Gasteiger partial charge in [-0.3, -0.25) is 13.9 Å². The van der Waals surface area contributed by atoms with Crippen LogP contribution >= 0.6 is 11.6 Å². The largest absolute Gasteiger partial charge is 0.497 e. The molecule has 1 fully saturated rings. The van der Waals surface area contributed by atoms with Crippen LogP contribution in [0.2, 0.25) is 5.02 Å². The smallest absolute Gasteiger partial charge is 0.264 e. The number of methoxy groups -OCH3 is 1. The van der Waals surface area contributed by atoms with Crippen molar-refractivity contribution in [2.75, 3.05) is 18.0 Å². The molecular weight excluding hydrogens is 586 g/mol. The Morgan fingerprint density at radius 1 is 1.00 bits per heavy atom. The first-order valence-corrected chi connectivity index (χ1v) is 16.5. The van der Waals surface area contributed by atoms with Crippen LogP contribution in [0, 0.1) is 6.92 Å². The first-order valence-electron chi connectivity index (χ1n) is 14.7. The van der Waals surface area contributed by atoms with Crippen molar-refractivity contribution in [1.82, 2.24) is 10.2 Å². The Balaban J connectivity index is 1.71. The van der Waals surface area contributed by atoms with Crippen molar-refractivity contribution < 1.29 is 22.7 Å². The Labute approximate surface area is 260 Å². The van der Waals surface area contributed by atoms with E-state index in [0.29, 0.717) is 17.2 Å². The minimum Gasteiger partial charge on any atom is -0.497 e. The van der Waals surface area contributed by atoms with Gasteiger partial charge >= 0.3 is 0 Å². The molecule has 0 radical (unpaired) electrons. The first kappa shape index (κ1) is 32.4. The van der Waals surface area contributed by atoms with E-state index in [1.165, 1.54) is 30.2 Å². The van der Waals surface area contributed by atoms with Crippen molar-refractivity contribution >= 4 is 39.1 Å². The summed E-state index contributed by atoms with van der Waals surface area (Å²) in [5.41, 5.74) is 2.10. The van der Waals surface area contributed by atoms with Crippen molar-refractivity contribution in [3.63, 3.8) is 0 Å². The molecule has 8 nitrogen and oxygen atoms in total. The maximum Gasteiger partial charge on any atom is 0.264 e. The summed E-state index contributed by atoms with van der Waals surface area (Å²) in [5, 5.41) is 3.50. The third-order valence-corrected chi connectivity index (χ3v) is 9.99. The number of nitrogens with zero attached hydrogens (tertiary/aromatic N) is 2. The van der Waals surface area contributed by atoms with Crippen LogP contribution < -0.4 is 14.4 Å². The number of carbonyl (C=O) groups is 2. The average Bonchev–Trinajstić information content (AvgIpc) is 3.01. The van der Waals surface area contributed by atoms with E-state index >= 15 is 0 Å². The highest BCUT2D eigenvalue weighted by Crippen LogP contribution is 2.28. The molecule has 2 amide bonds. The summed E-state index contributed by atoms with van der Waals surface area (Å²) in [7, 11) is -2.71. The van der Waals surface area contributed by atoms with Crippen LogP contribution in [0.4, 0.5) is 5.69 Å². The summed E-state index contributed by atoms with van der Waals surface area (Å²) in [4.78, 5) is 29.5. The van der Waals surface area contributed by atoms with Gasteiger partial charge in [-0.1, -0.05) is 68.1 Å². The summed E-state index contributed by atoms with van der Waals surface area (Å²) in [6, 6.07) is 19.3. The van der Waals surface area contributed by atoms with Crippen LogP contribution in [0.3, 0.4) is 0 Å². The molecule has 3 aromatic carbocycles. The molecule has 10 heteroatoms. The number of carbonyl (C=O) groups excluding carboxylic acids is 2. The first-order chi connectivity index (χ1) is 20.6. The standard InChI is InChI=1S/C33H40ClN3O5S/c1-4-31(33(39)35-27-14-6-5-7-15-27)36(22-25-12-9-8-11-24(25)2)32(38)23-37(28-16-10-13-26(34)21-28)43(40,41)30-19-17-29(42-3)18-20-30/h8-13,16-21,27,31H,4-7,14-15,22-23H2,1-3H3,(H,35,39). The topological polar surface area (TPSA) is 96.0 Å². The zero-order chi connectivity index (χ0) is 31.0. The third kappa shape index (κ3) is 8.09. The van der Waals surface area contributed by atoms with Gasteiger partial charge in [-0.2, -0.15) is 0 Å². The quantitative estimate of drug-likeness (QED) is 0.262. The van der Waals surface area contributed by atoms with Crippen LogP contribution in [0.5, 0.6) is 5.75 Å². The second-order valence-corrected chi connectivity index (χ2v) is 13.2. The molecule has 1 unspecified atom stereocenters. The van der Waals surface area contributed by atoms with E-state index in [2.05, 4.69) is 5.32 Å².